The van der Waals surface area contributed by atoms with Gasteiger partial charge in [0.05, 0.1) is 11.3 Å². The van der Waals surface area contributed by atoms with E-state index >= 15 is 0 Å². The monoisotopic (exact) mass is 389 g/mol. The van der Waals surface area contributed by atoms with Crippen LogP contribution in [0, 0.1) is 0 Å². The maximum absolute atomic E-state index is 13.2. The third-order valence-electron chi connectivity index (χ3n) is 5.51. The summed E-state index contributed by atoms with van der Waals surface area (Å²) in [6.07, 6.45) is 1.90. The Labute approximate surface area is 169 Å². The molecule has 148 valence electrons. The zero-order chi connectivity index (χ0) is 20.4. The Balaban J connectivity index is 1.52. The van der Waals surface area contributed by atoms with E-state index in [9.17, 15) is 9.59 Å². The Morgan fingerprint density at radius 2 is 1.79 bits per heavy atom. The van der Waals surface area contributed by atoms with Crippen molar-refractivity contribution in [2.24, 2.45) is 7.05 Å². The largest absolute Gasteiger partial charge is 0.478 e. The quantitative estimate of drug-likeness (QED) is 0.736. The first-order valence-corrected chi connectivity index (χ1v) is 9.75. The summed E-state index contributed by atoms with van der Waals surface area (Å²) in [5, 5.41) is 13.6. The second kappa shape index (κ2) is 7.91. The number of carbonyl (C=O) groups is 2. The van der Waals surface area contributed by atoms with E-state index in [1.165, 1.54) is 0 Å². The van der Waals surface area contributed by atoms with Crippen LogP contribution in [0.15, 0.2) is 60.7 Å². The molecule has 1 fully saturated rings. The van der Waals surface area contributed by atoms with Crippen LogP contribution in [0.3, 0.4) is 0 Å². The molecule has 1 aliphatic heterocycles. The van der Waals surface area contributed by atoms with Gasteiger partial charge in [-0.1, -0.05) is 42.5 Å². The van der Waals surface area contributed by atoms with Crippen LogP contribution in [0.4, 0.5) is 0 Å². The van der Waals surface area contributed by atoms with Gasteiger partial charge in [0.2, 0.25) is 0 Å². The fourth-order valence-electron chi connectivity index (χ4n) is 3.91. The van der Waals surface area contributed by atoms with Crippen LogP contribution in [0.25, 0.3) is 11.3 Å². The Kier molecular flexibility index (Phi) is 5.16. The van der Waals surface area contributed by atoms with Gasteiger partial charge < -0.3 is 10.0 Å². The minimum atomic E-state index is -0.928. The number of benzene rings is 2. The van der Waals surface area contributed by atoms with Crippen molar-refractivity contribution in [2.75, 3.05) is 13.1 Å². The van der Waals surface area contributed by atoms with Crippen molar-refractivity contribution in [2.45, 2.75) is 18.8 Å². The van der Waals surface area contributed by atoms with Crippen LogP contribution < -0.4 is 0 Å². The number of aromatic nitrogens is 2. The van der Waals surface area contributed by atoms with Crippen molar-refractivity contribution in [1.82, 2.24) is 14.7 Å². The Hall–Kier alpha value is -3.41. The number of hydrogen-bond donors (Lipinski definition) is 1. The summed E-state index contributed by atoms with van der Waals surface area (Å²) in [6.45, 7) is 1.34. The normalized spacial score (nSPS) is 16.6. The van der Waals surface area contributed by atoms with Gasteiger partial charge in [0, 0.05) is 31.6 Å². The van der Waals surface area contributed by atoms with E-state index in [0.29, 0.717) is 18.8 Å². The molecule has 6 nitrogen and oxygen atoms in total. The molecule has 2 aromatic carbocycles. The van der Waals surface area contributed by atoms with Gasteiger partial charge in [-0.3, -0.25) is 9.48 Å². The first kappa shape index (κ1) is 18.9. The highest BCUT2D eigenvalue weighted by molar-refractivity contribution is 5.94. The van der Waals surface area contributed by atoms with Gasteiger partial charge in [-0.05, 0) is 36.6 Å². The summed E-state index contributed by atoms with van der Waals surface area (Å²) in [5.74, 6) is -0.742. The summed E-state index contributed by atoms with van der Waals surface area (Å²) in [4.78, 5) is 26.1. The number of aromatic carboxylic acids is 1. The molecule has 0 bridgehead atoms. The smallest absolute Gasteiger partial charge is 0.335 e. The van der Waals surface area contributed by atoms with Crippen LogP contribution in [0.5, 0.6) is 0 Å². The number of carboxylic acid groups (broad SMARTS) is 1. The fourth-order valence-corrected chi connectivity index (χ4v) is 3.91. The summed E-state index contributed by atoms with van der Waals surface area (Å²) in [7, 11) is 1.80. The highest BCUT2D eigenvalue weighted by Crippen LogP contribution is 2.28. The maximum Gasteiger partial charge on any atom is 0.335 e. The molecule has 0 saturated carbocycles. The second-order valence-electron chi connectivity index (χ2n) is 7.42. The van der Waals surface area contributed by atoms with E-state index < -0.39 is 5.97 Å². The molecular formula is C23H23N3O3. The van der Waals surface area contributed by atoms with Crippen molar-refractivity contribution in [3.8, 4) is 11.3 Å². The first-order chi connectivity index (χ1) is 14.0. The number of hydrogen-bond acceptors (Lipinski definition) is 3. The number of rotatable bonds is 4. The lowest BCUT2D eigenvalue weighted by atomic mass is 9.90. The predicted molar refractivity (Wildman–Crippen MR) is 110 cm³/mol. The number of carbonyl (C=O) groups excluding carboxylic acids is 1. The van der Waals surface area contributed by atoms with Gasteiger partial charge in [-0.2, -0.15) is 5.10 Å². The number of aryl methyl sites for hydroxylation is 1. The summed E-state index contributed by atoms with van der Waals surface area (Å²) in [6, 6.07) is 18.7. The Morgan fingerprint density at radius 1 is 1.07 bits per heavy atom. The molecule has 0 aliphatic carbocycles. The molecule has 1 aliphatic rings. The van der Waals surface area contributed by atoms with Crippen molar-refractivity contribution < 1.29 is 14.7 Å². The van der Waals surface area contributed by atoms with Gasteiger partial charge in [0.15, 0.2) is 0 Å². The SMILES string of the molecule is Cn1nc(-c2ccccc2)cc1C(=O)N1CCCC(c2ccc(C(=O)O)cc2)C1. The number of likely N-dealkylation sites (tertiary alicyclic amines) is 1. The molecule has 0 radical (unpaired) electrons. The topological polar surface area (TPSA) is 75.4 Å². The zero-order valence-electron chi connectivity index (χ0n) is 16.3. The first-order valence-electron chi connectivity index (χ1n) is 9.75. The van der Waals surface area contributed by atoms with Crippen LogP contribution in [-0.2, 0) is 7.05 Å². The number of amides is 1. The van der Waals surface area contributed by atoms with Crippen LogP contribution >= 0.6 is 0 Å². The summed E-state index contributed by atoms with van der Waals surface area (Å²) < 4.78 is 1.65. The lowest BCUT2D eigenvalue weighted by molar-refractivity contribution is 0.0689. The van der Waals surface area contributed by atoms with Gasteiger partial charge in [0.1, 0.15) is 5.69 Å². The molecule has 2 heterocycles. The van der Waals surface area contributed by atoms with Gasteiger partial charge in [-0.25, -0.2) is 4.79 Å². The van der Waals surface area contributed by atoms with E-state index in [1.807, 2.05) is 53.4 Å². The molecule has 29 heavy (non-hydrogen) atoms. The maximum atomic E-state index is 13.2. The number of piperidine rings is 1. The molecule has 1 saturated heterocycles. The molecule has 6 heteroatoms. The molecule has 3 aromatic rings. The fraction of sp³-hybridized carbons (Fsp3) is 0.261. The van der Waals surface area contributed by atoms with Crippen molar-refractivity contribution in [3.63, 3.8) is 0 Å². The average Bonchev–Trinajstić information content (AvgIpc) is 3.15. The van der Waals surface area contributed by atoms with E-state index in [1.54, 1.807) is 23.9 Å². The standard InChI is InChI=1S/C23H23N3O3/c1-25-21(14-20(24-25)17-6-3-2-4-7-17)22(27)26-13-5-8-19(15-26)16-9-11-18(12-10-16)23(28)29/h2-4,6-7,9-12,14,19H,5,8,13,15H2,1H3,(H,28,29). The minimum absolute atomic E-state index is 0.0194. The zero-order valence-corrected chi connectivity index (χ0v) is 16.3. The number of nitrogens with zero attached hydrogens (tertiary/aromatic N) is 3. The number of carboxylic acids is 1. The van der Waals surface area contributed by atoms with Crippen LogP contribution in [0.2, 0.25) is 0 Å². The van der Waals surface area contributed by atoms with E-state index in [-0.39, 0.29) is 17.4 Å². The third kappa shape index (κ3) is 3.92. The lowest BCUT2D eigenvalue weighted by Crippen LogP contribution is -2.39. The van der Waals surface area contributed by atoms with Crippen molar-refractivity contribution in [1.29, 1.82) is 0 Å². The van der Waals surface area contributed by atoms with Crippen molar-refractivity contribution in [3.05, 3.63) is 77.5 Å². The molecule has 1 aromatic heterocycles. The molecule has 1 unspecified atom stereocenters. The average molecular weight is 389 g/mol. The predicted octanol–water partition coefficient (Wildman–Crippen LogP) is 3.81. The molecule has 0 spiro atoms. The van der Waals surface area contributed by atoms with E-state index in [4.69, 9.17) is 5.11 Å². The van der Waals surface area contributed by atoms with Gasteiger partial charge >= 0.3 is 5.97 Å². The van der Waals surface area contributed by atoms with Gasteiger partial charge in [0.25, 0.3) is 5.91 Å². The van der Waals surface area contributed by atoms with E-state index in [0.717, 1.165) is 29.7 Å². The van der Waals surface area contributed by atoms with Crippen LogP contribution in [-0.4, -0.2) is 44.8 Å². The highest BCUT2D eigenvalue weighted by atomic mass is 16.4. The molecule has 1 atom stereocenters. The van der Waals surface area contributed by atoms with Crippen LogP contribution in [0.1, 0.15) is 45.2 Å². The van der Waals surface area contributed by atoms with Gasteiger partial charge in [-0.15, -0.1) is 0 Å². The Bertz CT molecular complexity index is 1030. The highest BCUT2D eigenvalue weighted by Gasteiger charge is 2.27. The second-order valence-corrected chi connectivity index (χ2v) is 7.42. The summed E-state index contributed by atoms with van der Waals surface area (Å²) in [5.41, 5.74) is 3.69. The van der Waals surface area contributed by atoms with Crippen molar-refractivity contribution >= 4 is 11.9 Å². The molecular weight excluding hydrogens is 366 g/mol. The molecule has 1 amide bonds. The molecule has 1 N–H and O–H groups in total. The Morgan fingerprint density at radius 3 is 2.48 bits per heavy atom. The third-order valence-corrected chi connectivity index (χ3v) is 5.51. The van der Waals surface area contributed by atoms with E-state index in [2.05, 4.69) is 5.10 Å². The minimum Gasteiger partial charge on any atom is -0.478 e. The lowest BCUT2D eigenvalue weighted by Gasteiger charge is -2.33. The molecule has 4 rings (SSSR count). The summed E-state index contributed by atoms with van der Waals surface area (Å²) >= 11 is 0.